The van der Waals surface area contributed by atoms with Crippen molar-refractivity contribution in [1.29, 1.82) is 0 Å². The standard InChI is InChI=1S/C15H20N2O4/c18-13(12-9-11(17-21-12)10-5-6-10)16-15(14(19)20)7-3-1-2-4-8-15/h9-10H,1-8H2,(H,16,18)(H,19,20). The van der Waals surface area contributed by atoms with Crippen LogP contribution in [0.5, 0.6) is 0 Å². The number of carboxylic acid groups (broad SMARTS) is 1. The first kappa shape index (κ1) is 14.1. The Balaban J connectivity index is 1.74. The van der Waals surface area contributed by atoms with E-state index in [2.05, 4.69) is 10.5 Å². The van der Waals surface area contributed by atoms with Crippen LogP contribution in [-0.2, 0) is 4.79 Å². The van der Waals surface area contributed by atoms with Crippen molar-refractivity contribution in [1.82, 2.24) is 10.5 Å². The molecule has 2 aliphatic rings. The number of rotatable bonds is 4. The Morgan fingerprint density at radius 3 is 2.48 bits per heavy atom. The summed E-state index contributed by atoms with van der Waals surface area (Å²) in [6.45, 7) is 0. The second kappa shape index (κ2) is 5.50. The van der Waals surface area contributed by atoms with Crippen LogP contribution in [0.3, 0.4) is 0 Å². The van der Waals surface area contributed by atoms with Crippen molar-refractivity contribution >= 4 is 11.9 Å². The Kier molecular flexibility index (Phi) is 3.69. The van der Waals surface area contributed by atoms with Crippen molar-refractivity contribution in [3.05, 3.63) is 17.5 Å². The van der Waals surface area contributed by atoms with E-state index in [4.69, 9.17) is 4.52 Å². The van der Waals surface area contributed by atoms with Crippen LogP contribution in [0, 0.1) is 0 Å². The molecule has 0 saturated heterocycles. The van der Waals surface area contributed by atoms with Crippen LogP contribution in [0.25, 0.3) is 0 Å². The summed E-state index contributed by atoms with van der Waals surface area (Å²) in [7, 11) is 0. The van der Waals surface area contributed by atoms with Crippen LogP contribution >= 0.6 is 0 Å². The van der Waals surface area contributed by atoms with Gasteiger partial charge in [-0.3, -0.25) is 4.79 Å². The highest BCUT2D eigenvalue weighted by atomic mass is 16.5. The lowest BCUT2D eigenvalue weighted by Crippen LogP contribution is -2.54. The van der Waals surface area contributed by atoms with E-state index >= 15 is 0 Å². The lowest BCUT2D eigenvalue weighted by atomic mass is 9.90. The van der Waals surface area contributed by atoms with Gasteiger partial charge in [-0.25, -0.2) is 4.79 Å². The van der Waals surface area contributed by atoms with Gasteiger partial charge in [0.25, 0.3) is 5.91 Å². The Morgan fingerprint density at radius 1 is 1.24 bits per heavy atom. The van der Waals surface area contributed by atoms with Gasteiger partial charge in [0.2, 0.25) is 5.76 Å². The number of nitrogens with zero attached hydrogens (tertiary/aromatic N) is 1. The summed E-state index contributed by atoms with van der Waals surface area (Å²) in [6, 6.07) is 1.64. The number of nitrogens with one attached hydrogen (secondary N) is 1. The fraction of sp³-hybridized carbons (Fsp3) is 0.667. The summed E-state index contributed by atoms with van der Waals surface area (Å²) in [4.78, 5) is 23.9. The summed E-state index contributed by atoms with van der Waals surface area (Å²) in [6.07, 6.45) is 6.75. The van der Waals surface area contributed by atoms with Gasteiger partial charge in [0.1, 0.15) is 5.54 Å². The molecule has 6 heteroatoms. The van der Waals surface area contributed by atoms with Gasteiger partial charge >= 0.3 is 5.97 Å². The van der Waals surface area contributed by atoms with Gasteiger partial charge in [0, 0.05) is 12.0 Å². The molecule has 1 aromatic heterocycles. The van der Waals surface area contributed by atoms with Crippen LogP contribution < -0.4 is 5.32 Å². The highest BCUT2D eigenvalue weighted by Gasteiger charge is 2.41. The average Bonchev–Trinajstić information content (AvgIpc) is 3.23. The van der Waals surface area contributed by atoms with Crippen molar-refractivity contribution in [3.63, 3.8) is 0 Å². The molecule has 0 spiro atoms. The molecule has 1 heterocycles. The Hall–Kier alpha value is -1.85. The molecule has 3 rings (SSSR count). The van der Waals surface area contributed by atoms with Crippen LogP contribution in [0.4, 0.5) is 0 Å². The molecule has 0 bridgehead atoms. The van der Waals surface area contributed by atoms with Gasteiger partial charge in [0.05, 0.1) is 5.69 Å². The molecule has 0 aromatic carbocycles. The first-order chi connectivity index (χ1) is 10.1. The van der Waals surface area contributed by atoms with Crippen LogP contribution in [0.2, 0.25) is 0 Å². The van der Waals surface area contributed by atoms with Crippen molar-refractivity contribution < 1.29 is 19.2 Å². The van der Waals surface area contributed by atoms with Crippen LogP contribution in [0.15, 0.2) is 10.6 Å². The van der Waals surface area contributed by atoms with Gasteiger partial charge < -0.3 is 14.9 Å². The molecule has 21 heavy (non-hydrogen) atoms. The number of carbonyl (C=O) groups excluding carboxylic acids is 1. The van der Waals surface area contributed by atoms with E-state index in [1.807, 2.05) is 0 Å². The summed E-state index contributed by atoms with van der Waals surface area (Å²) in [5.41, 5.74) is -0.370. The number of hydrogen-bond acceptors (Lipinski definition) is 4. The fourth-order valence-corrected chi connectivity index (χ4v) is 2.97. The Labute approximate surface area is 122 Å². The summed E-state index contributed by atoms with van der Waals surface area (Å²) >= 11 is 0. The monoisotopic (exact) mass is 292 g/mol. The van der Waals surface area contributed by atoms with Gasteiger partial charge in [-0.2, -0.15) is 0 Å². The molecule has 2 fully saturated rings. The van der Waals surface area contributed by atoms with Crippen LogP contribution in [0.1, 0.15) is 73.5 Å². The minimum absolute atomic E-state index is 0.113. The molecule has 6 nitrogen and oxygen atoms in total. The third-order valence-electron chi connectivity index (χ3n) is 4.47. The molecule has 114 valence electrons. The van der Waals surface area contributed by atoms with E-state index in [1.54, 1.807) is 6.07 Å². The summed E-state index contributed by atoms with van der Waals surface area (Å²) in [5, 5.41) is 16.1. The van der Waals surface area contributed by atoms with E-state index in [0.29, 0.717) is 18.8 Å². The van der Waals surface area contributed by atoms with E-state index in [-0.39, 0.29) is 5.76 Å². The largest absolute Gasteiger partial charge is 0.480 e. The van der Waals surface area contributed by atoms with E-state index in [9.17, 15) is 14.7 Å². The van der Waals surface area contributed by atoms with Crippen molar-refractivity contribution in [2.24, 2.45) is 0 Å². The van der Waals surface area contributed by atoms with Gasteiger partial charge in [-0.1, -0.05) is 30.8 Å². The SMILES string of the molecule is O=C(NC1(C(=O)O)CCCCCC1)c1cc(C2CC2)no1. The maximum Gasteiger partial charge on any atom is 0.329 e. The molecule has 0 radical (unpaired) electrons. The molecular weight excluding hydrogens is 272 g/mol. The lowest BCUT2D eigenvalue weighted by molar-refractivity contribution is -0.145. The van der Waals surface area contributed by atoms with Gasteiger partial charge in [-0.05, 0) is 25.7 Å². The molecule has 2 N–H and O–H groups in total. The maximum atomic E-state index is 12.3. The minimum atomic E-state index is -1.17. The van der Waals surface area contributed by atoms with E-state index < -0.39 is 17.4 Å². The first-order valence-corrected chi connectivity index (χ1v) is 7.63. The van der Waals surface area contributed by atoms with Gasteiger partial charge in [-0.15, -0.1) is 0 Å². The predicted molar refractivity (Wildman–Crippen MR) is 74.0 cm³/mol. The zero-order chi connectivity index (χ0) is 14.9. The maximum absolute atomic E-state index is 12.3. The quantitative estimate of drug-likeness (QED) is 0.832. The number of hydrogen-bond donors (Lipinski definition) is 2. The zero-order valence-electron chi connectivity index (χ0n) is 11.9. The average molecular weight is 292 g/mol. The molecule has 0 unspecified atom stereocenters. The molecule has 0 atom stereocenters. The molecule has 1 aromatic rings. The number of carbonyl (C=O) groups is 2. The Morgan fingerprint density at radius 2 is 1.90 bits per heavy atom. The molecule has 0 aliphatic heterocycles. The smallest absolute Gasteiger partial charge is 0.329 e. The number of aromatic nitrogens is 1. The zero-order valence-corrected chi connectivity index (χ0v) is 11.9. The minimum Gasteiger partial charge on any atom is -0.480 e. The predicted octanol–water partition coefficient (Wildman–Crippen LogP) is 2.46. The number of aliphatic carboxylic acids is 1. The third kappa shape index (κ3) is 2.94. The highest BCUT2D eigenvalue weighted by molar-refractivity contribution is 5.95. The van der Waals surface area contributed by atoms with E-state index in [1.165, 1.54) is 0 Å². The summed E-state index contributed by atoms with van der Waals surface area (Å²) in [5.74, 6) is -0.915. The second-order valence-electron chi connectivity index (χ2n) is 6.15. The highest BCUT2D eigenvalue weighted by Crippen LogP contribution is 2.39. The number of amides is 1. The molecule has 2 aliphatic carbocycles. The van der Waals surface area contributed by atoms with Crippen LogP contribution in [-0.4, -0.2) is 27.7 Å². The third-order valence-corrected chi connectivity index (χ3v) is 4.47. The number of carboxylic acids is 1. The van der Waals surface area contributed by atoms with Crippen molar-refractivity contribution in [2.75, 3.05) is 0 Å². The molecular formula is C15H20N2O4. The molecule has 2 saturated carbocycles. The molecule has 1 amide bonds. The summed E-state index contributed by atoms with van der Waals surface area (Å²) < 4.78 is 5.07. The van der Waals surface area contributed by atoms with Crippen molar-refractivity contribution in [2.45, 2.75) is 62.8 Å². The Bertz CT molecular complexity index is 540. The van der Waals surface area contributed by atoms with E-state index in [0.717, 1.165) is 44.2 Å². The normalized spacial score (nSPS) is 21.5. The first-order valence-electron chi connectivity index (χ1n) is 7.63. The second-order valence-corrected chi connectivity index (χ2v) is 6.15. The fourth-order valence-electron chi connectivity index (χ4n) is 2.97. The lowest BCUT2D eigenvalue weighted by Gasteiger charge is -2.28. The topological polar surface area (TPSA) is 92.4 Å². The van der Waals surface area contributed by atoms with Crippen molar-refractivity contribution in [3.8, 4) is 0 Å². The van der Waals surface area contributed by atoms with Gasteiger partial charge in [0.15, 0.2) is 0 Å².